The summed E-state index contributed by atoms with van der Waals surface area (Å²) in [5.74, 6) is 0. The molecule has 0 aliphatic rings. The van der Waals surface area contributed by atoms with Crippen LogP contribution in [-0.4, -0.2) is 5.24 Å². The molecule has 2 aromatic carbocycles. The molecule has 1 nitrogen and oxygen atoms in total. The summed E-state index contributed by atoms with van der Waals surface area (Å²) < 4.78 is 38.8. The number of hydrogen-bond donors (Lipinski definition) is 0. The molecule has 104 valence electrons. The highest BCUT2D eigenvalue weighted by Crippen LogP contribution is 2.37. The maximum Gasteiger partial charge on any atom is 0.417 e. The standard InChI is InChI=1S/C14H7Cl2F3O/c15-12-7-8(5-6-10(12)13(16)20)9-3-1-2-4-11(9)14(17,18)19/h1-7H. The summed E-state index contributed by atoms with van der Waals surface area (Å²) in [5, 5.41) is -0.745. The number of carbonyl (C=O) groups excluding carboxylic acids is 1. The summed E-state index contributed by atoms with van der Waals surface area (Å²) in [4.78, 5) is 11.0. The van der Waals surface area contributed by atoms with Gasteiger partial charge in [-0.3, -0.25) is 4.79 Å². The van der Waals surface area contributed by atoms with Gasteiger partial charge in [-0.1, -0.05) is 35.9 Å². The van der Waals surface area contributed by atoms with Crippen LogP contribution in [0.2, 0.25) is 5.02 Å². The lowest BCUT2D eigenvalue weighted by molar-refractivity contribution is -0.137. The minimum Gasteiger partial charge on any atom is -0.276 e. The molecule has 0 aliphatic heterocycles. The largest absolute Gasteiger partial charge is 0.417 e. The first-order chi connectivity index (χ1) is 9.30. The van der Waals surface area contributed by atoms with Gasteiger partial charge in [-0.2, -0.15) is 13.2 Å². The van der Waals surface area contributed by atoms with Crippen molar-refractivity contribution in [2.45, 2.75) is 6.18 Å². The maximum atomic E-state index is 12.9. The highest BCUT2D eigenvalue weighted by Gasteiger charge is 2.33. The van der Waals surface area contributed by atoms with Crippen molar-refractivity contribution in [1.29, 1.82) is 0 Å². The average Bonchev–Trinajstić information content (AvgIpc) is 2.37. The second-order valence-corrected chi connectivity index (χ2v) is 4.76. The summed E-state index contributed by atoms with van der Waals surface area (Å²) in [7, 11) is 0. The van der Waals surface area contributed by atoms with E-state index in [1.165, 1.54) is 36.4 Å². The number of halogens is 5. The number of carbonyl (C=O) groups is 1. The summed E-state index contributed by atoms with van der Waals surface area (Å²) in [6.45, 7) is 0. The molecule has 0 amide bonds. The highest BCUT2D eigenvalue weighted by atomic mass is 35.5. The topological polar surface area (TPSA) is 17.1 Å². The zero-order valence-corrected chi connectivity index (χ0v) is 11.4. The van der Waals surface area contributed by atoms with Gasteiger partial charge >= 0.3 is 6.18 Å². The van der Waals surface area contributed by atoms with Gasteiger partial charge < -0.3 is 0 Å². The van der Waals surface area contributed by atoms with Crippen molar-refractivity contribution in [1.82, 2.24) is 0 Å². The lowest BCUT2D eigenvalue weighted by Crippen LogP contribution is -2.06. The van der Waals surface area contributed by atoms with Crippen LogP contribution in [0.25, 0.3) is 11.1 Å². The Hall–Kier alpha value is -1.52. The van der Waals surface area contributed by atoms with Crippen molar-refractivity contribution in [2.75, 3.05) is 0 Å². The molecule has 2 aromatic rings. The molecule has 0 atom stereocenters. The molecule has 0 spiro atoms. The predicted molar refractivity (Wildman–Crippen MR) is 72.1 cm³/mol. The molecule has 0 saturated heterocycles. The second kappa shape index (κ2) is 5.46. The van der Waals surface area contributed by atoms with E-state index in [4.69, 9.17) is 23.2 Å². The molecule has 20 heavy (non-hydrogen) atoms. The van der Waals surface area contributed by atoms with Crippen molar-refractivity contribution in [2.24, 2.45) is 0 Å². The number of benzene rings is 2. The van der Waals surface area contributed by atoms with E-state index in [0.29, 0.717) is 0 Å². The summed E-state index contributed by atoms with van der Waals surface area (Å²) in [6, 6.07) is 9.12. The minimum absolute atomic E-state index is 0.00419. The zero-order valence-electron chi connectivity index (χ0n) is 9.84. The van der Waals surface area contributed by atoms with E-state index >= 15 is 0 Å². The lowest BCUT2D eigenvalue weighted by Gasteiger charge is -2.13. The second-order valence-electron chi connectivity index (χ2n) is 4.01. The van der Waals surface area contributed by atoms with Gasteiger partial charge in [0.15, 0.2) is 0 Å². The molecular weight excluding hydrogens is 312 g/mol. The number of rotatable bonds is 2. The van der Waals surface area contributed by atoms with E-state index in [2.05, 4.69) is 0 Å². The fourth-order valence-corrected chi connectivity index (χ4v) is 2.30. The minimum atomic E-state index is -4.47. The molecular formula is C14H7Cl2F3O. The van der Waals surface area contributed by atoms with Crippen LogP contribution in [0.4, 0.5) is 13.2 Å². The predicted octanol–water partition coefficient (Wildman–Crippen LogP) is 5.40. The molecule has 0 radical (unpaired) electrons. The van der Waals surface area contributed by atoms with Crippen LogP contribution in [0.1, 0.15) is 15.9 Å². The Morgan fingerprint density at radius 1 is 1.05 bits per heavy atom. The van der Waals surface area contributed by atoms with Crippen LogP contribution in [0, 0.1) is 0 Å². The third-order valence-corrected chi connectivity index (χ3v) is 3.24. The van der Waals surface area contributed by atoms with Crippen molar-refractivity contribution in [3.8, 4) is 11.1 Å². The Bertz CT molecular complexity index is 666. The Morgan fingerprint density at radius 2 is 1.70 bits per heavy atom. The summed E-state index contributed by atoms with van der Waals surface area (Å²) in [5.41, 5.74) is -0.442. The van der Waals surface area contributed by atoms with E-state index in [1.54, 1.807) is 0 Å². The van der Waals surface area contributed by atoms with Crippen LogP contribution < -0.4 is 0 Å². The van der Waals surface area contributed by atoms with Crippen LogP contribution in [0.5, 0.6) is 0 Å². The molecule has 0 N–H and O–H groups in total. The normalized spacial score (nSPS) is 11.4. The molecule has 0 aromatic heterocycles. The van der Waals surface area contributed by atoms with Crippen molar-refractivity contribution in [3.63, 3.8) is 0 Å². The summed E-state index contributed by atoms with van der Waals surface area (Å²) in [6.07, 6.45) is -4.47. The fourth-order valence-electron chi connectivity index (χ4n) is 1.82. The first-order valence-corrected chi connectivity index (χ1v) is 6.22. The molecule has 0 bridgehead atoms. The third-order valence-electron chi connectivity index (χ3n) is 2.72. The quantitative estimate of drug-likeness (QED) is 0.677. The van der Waals surface area contributed by atoms with Gasteiger partial charge in [-0.15, -0.1) is 0 Å². The van der Waals surface area contributed by atoms with E-state index in [9.17, 15) is 18.0 Å². The van der Waals surface area contributed by atoms with Gasteiger partial charge in [0.2, 0.25) is 0 Å². The van der Waals surface area contributed by atoms with Crippen LogP contribution >= 0.6 is 23.2 Å². The van der Waals surface area contributed by atoms with Crippen molar-refractivity contribution < 1.29 is 18.0 Å². The van der Waals surface area contributed by atoms with Gasteiger partial charge in [0.05, 0.1) is 16.1 Å². The first kappa shape index (κ1) is 14.9. The van der Waals surface area contributed by atoms with E-state index < -0.39 is 17.0 Å². The van der Waals surface area contributed by atoms with Crippen molar-refractivity contribution in [3.05, 3.63) is 58.6 Å². The fraction of sp³-hybridized carbons (Fsp3) is 0.0714. The Morgan fingerprint density at radius 3 is 2.25 bits per heavy atom. The Kier molecular flexibility index (Phi) is 4.06. The Labute approximate surface area is 122 Å². The van der Waals surface area contributed by atoms with Crippen LogP contribution in [0.3, 0.4) is 0 Å². The van der Waals surface area contributed by atoms with E-state index in [-0.39, 0.29) is 21.7 Å². The molecule has 0 unspecified atom stereocenters. The molecule has 2 rings (SSSR count). The molecule has 0 saturated carbocycles. The van der Waals surface area contributed by atoms with E-state index in [1.807, 2.05) is 0 Å². The zero-order chi connectivity index (χ0) is 14.9. The first-order valence-electron chi connectivity index (χ1n) is 5.46. The maximum absolute atomic E-state index is 12.9. The third kappa shape index (κ3) is 2.97. The van der Waals surface area contributed by atoms with Gasteiger partial charge in [0.1, 0.15) is 0 Å². The van der Waals surface area contributed by atoms with Gasteiger partial charge in [-0.25, -0.2) is 0 Å². The van der Waals surface area contributed by atoms with Crippen LogP contribution in [-0.2, 0) is 6.18 Å². The SMILES string of the molecule is O=C(Cl)c1ccc(-c2ccccc2C(F)(F)F)cc1Cl. The molecule has 0 fully saturated rings. The van der Waals surface area contributed by atoms with Gasteiger partial charge in [0.25, 0.3) is 5.24 Å². The average molecular weight is 319 g/mol. The Balaban J connectivity index is 2.59. The molecule has 0 aliphatic carbocycles. The van der Waals surface area contributed by atoms with E-state index in [0.717, 1.165) is 6.07 Å². The monoisotopic (exact) mass is 318 g/mol. The van der Waals surface area contributed by atoms with Gasteiger partial charge in [-0.05, 0) is 40.9 Å². The molecule has 0 heterocycles. The van der Waals surface area contributed by atoms with Crippen molar-refractivity contribution >= 4 is 28.4 Å². The smallest absolute Gasteiger partial charge is 0.276 e. The lowest BCUT2D eigenvalue weighted by atomic mass is 9.98. The number of alkyl halides is 3. The summed E-state index contributed by atoms with van der Waals surface area (Å²) >= 11 is 11.2. The van der Waals surface area contributed by atoms with Crippen LogP contribution in [0.15, 0.2) is 42.5 Å². The number of hydrogen-bond acceptors (Lipinski definition) is 1. The highest BCUT2D eigenvalue weighted by molar-refractivity contribution is 6.68. The molecule has 6 heteroatoms. The van der Waals surface area contributed by atoms with Gasteiger partial charge in [0, 0.05) is 0 Å².